The van der Waals surface area contributed by atoms with E-state index in [0.29, 0.717) is 0 Å². The van der Waals surface area contributed by atoms with E-state index in [9.17, 15) is 0 Å². The van der Waals surface area contributed by atoms with E-state index in [1.54, 1.807) is 0 Å². The molecular weight excluding hydrogens is 131 g/mol. The molecule has 0 rings (SSSR count). The molecule has 0 aromatic rings. The van der Waals surface area contributed by atoms with Crippen molar-refractivity contribution in [2.24, 2.45) is 0 Å². The summed E-state index contributed by atoms with van der Waals surface area (Å²) in [5.74, 6) is 0. The van der Waals surface area contributed by atoms with E-state index in [1.807, 2.05) is 0 Å². The second kappa shape index (κ2) is 3.33. The Balaban J connectivity index is 3.58. The quantitative estimate of drug-likeness (QED) is 0.532. The first-order chi connectivity index (χ1) is 3.68. The average molecular weight is 142 g/mol. The van der Waals surface area contributed by atoms with E-state index < -0.39 is 14.3 Å². The van der Waals surface area contributed by atoms with Gasteiger partial charge in [0.15, 0.2) is 0 Å². The summed E-state index contributed by atoms with van der Waals surface area (Å²) in [4.78, 5) is 8.88. The van der Waals surface area contributed by atoms with Crippen LogP contribution in [0.1, 0.15) is 0 Å². The van der Waals surface area contributed by atoms with Gasteiger partial charge in [-0.3, -0.25) is 0 Å². The zero-order chi connectivity index (χ0) is 6.62. The van der Waals surface area contributed by atoms with Crippen LogP contribution in [0.3, 0.4) is 0 Å². The fraction of sp³-hybridized carbons (Fsp3) is 1.00. The van der Waals surface area contributed by atoms with E-state index in [-0.39, 0.29) is 0 Å². The fourth-order valence-electron chi connectivity index (χ4n) is 0.212. The Bertz CT molecular complexity index is 54.0. The molecule has 8 heavy (non-hydrogen) atoms. The average Bonchev–Trinajstić information content (AvgIpc) is 1.87. The van der Waals surface area contributed by atoms with Crippen LogP contribution in [-0.2, 0) is 9.05 Å². The third-order valence-electron chi connectivity index (χ3n) is 0.838. The van der Waals surface area contributed by atoms with Gasteiger partial charge in [-0.2, -0.15) is 0 Å². The molecule has 0 heterocycles. The van der Waals surface area contributed by atoms with Gasteiger partial charge in [-0.1, -0.05) is 0 Å². The second-order valence-electron chi connectivity index (χ2n) is 1.28. The number of rotatable bonds is 3. The van der Waals surface area contributed by atoms with Gasteiger partial charge in [-0.25, -0.2) is 0 Å². The van der Waals surface area contributed by atoms with E-state index in [4.69, 9.17) is 10.00 Å². The molecule has 4 nitrogen and oxygen atoms in total. The van der Waals surface area contributed by atoms with Crippen LogP contribution in [0.2, 0.25) is 0 Å². The van der Waals surface area contributed by atoms with Crippen LogP contribution in [-0.4, -0.2) is 30.6 Å². The van der Waals surface area contributed by atoms with E-state index in [2.05, 4.69) is 9.05 Å². The molecule has 0 unspecified atom stereocenters. The van der Waals surface area contributed by atoms with E-state index in [1.165, 1.54) is 14.2 Å². The van der Waals surface area contributed by atoms with Crippen LogP contribution in [0.5, 0.6) is 0 Å². The van der Waals surface area contributed by atoms with Crippen LogP contribution in [0.15, 0.2) is 0 Å². The summed E-state index contributed by atoms with van der Waals surface area (Å²) in [5.41, 5.74) is 0. The van der Waals surface area contributed by atoms with E-state index in [0.717, 1.165) is 0 Å². The monoisotopic (exact) mass is 142 g/mol. The van der Waals surface area contributed by atoms with Crippen LogP contribution in [0.4, 0.5) is 0 Å². The third kappa shape index (κ3) is 2.03. The van der Waals surface area contributed by atoms with Crippen LogP contribution in [0, 0.1) is 0 Å². The summed E-state index contributed by atoms with van der Waals surface area (Å²) in [6.07, 6.45) is -0.431. The SMILES string of the molecule is CO[PH](O)(CO)OC. The normalized spacial score (nSPS) is 14.0. The standard InChI is InChI=1S/C3H11O4P/c1-6-8(5,3-4)7-2/h4-5,8H,3H2,1-2H3. The molecule has 0 amide bonds. The van der Waals surface area contributed by atoms with Crippen molar-refractivity contribution in [2.75, 3.05) is 20.6 Å². The summed E-state index contributed by atoms with van der Waals surface area (Å²) in [6, 6.07) is 0. The summed E-state index contributed by atoms with van der Waals surface area (Å²) in [5, 5.41) is 8.35. The first-order valence-electron chi connectivity index (χ1n) is 2.12. The molecule has 0 atom stereocenters. The molecule has 0 bridgehead atoms. The molecular formula is C3H11O4P. The molecule has 0 aromatic carbocycles. The van der Waals surface area contributed by atoms with Gasteiger partial charge in [0.05, 0.1) is 0 Å². The first kappa shape index (κ1) is 8.27. The van der Waals surface area contributed by atoms with Crippen molar-refractivity contribution in [2.45, 2.75) is 0 Å². The van der Waals surface area contributed by atoms with Crippen molar-refractivity contribution >= 4 is 7.94 Å². The number of hydrogen-bond acceptors (Lipinski definition) is 4. The summed E-state index contributed by atoms with van der Waals surface area (Å²) in [6.45, 7) is 0. The maximum absolute atomic E-state index is 8.88. The van der Waals surface area contributed by atoms with Crippen LogP contribution < -0.4 is 0 Å². The molecule has 0 radical (unpaired) electrons. The molecule has 0 saturated carbocycles. The zero-order valence-electron chi connectivity index (χ0n) is 4.92. The number of aliphatic hydroxyl groups is 1. The van der Waals surface area contributed by atoms with Crippen molar-refractivity contribution < 1.29 is 19.0 Å². The Morgan fingerprint density at radius 2 is 1.75 bits per heavy atom. The van der Waals surface area contributed by atoms with Crippen molar-refractivity contribution in [1.82, 2.24) is 0 Å². The topological polar surface area (TPSA) is 58.9 Å². The van der Waals surface area contributed by atoms with Gasteiger partial charge in [-0.15, -0.1) is 0 Å². The molecule has 52 valence electrons. The van der Waals surface area contributed by atoms with Gasteiger partial charge >= 0.3 is 47.6 Å². The Labute approximate surface area is 48.6 Å². The maximum atomic E-state index is 8.88. The molecule has 0 aliphatic heterocycles. The summed E-state index contributed by atoms with van der Waals surface area (Å²) in [7, 11) is -0.521. The molecule has 0 aromatic heterocycles. The summed E-state index contributed by atoms with van der Waals surface area (Å²) >= 11 is 0. The van der Waals surface area contributed by atoms with Gasteiger partial charge in [0.1, 0.15) is 0 Å². The van der Waals surface area contributed by atoms with Crippen molar-refractivity contribution in [3.8, 4) is 0 Å². The predicted molar refractivity (Wildman–Crippen MR) is 31.6 cm³/mol. The van der Waals surface area contributed by atoms with Gasteiger partial charge in [-0.05, 0) is 0 Å². The molecule has 0 aliphatic carbocycles. The zero-order valence-corrected chi connectivity index (χ0v) is 5.92. The number of aliphatic hydroxyl groups excluding tert-OH is 1. The van der Waals surface area contributed by atoms with Crippen molar-refractivity contribution in [3.63, 3.8) is 0 Å². The Hall–Kier alpha value is 0.270. The summed E-state index contributed by atoms with van der Waals surface area (Å²) < 4.78 is 8.92. The van der Waals surface area contributed by atoms with Crippen molar-refractivity contribution in [1.29, 1.82) is 0 Å². The molecule has 5 heteroatoms. The molecule has 0 spiro atoms. The molecule has 0 fully saturated rings. The van der Waals surface area contributed by atoms with Crippen molar-refractivity contribution in [3.05, 3.63) is 0 Å². The third-order valence-corrected chi connectivity index (χ3v) is 2.51. The first-order valence-corrected chi connectivity index (χ1v) is 4.09. The molecule has 2 N–H and O–H groups in total. The fourth-order valence-corrected chi connectivity index (χ4v) is 0.637. The van der Waals surface area contributed by atoms with Crippen LogP contribution in [0.25, 0.3) is 0 Å². The van der Waals surface area contributed by atoms with E-state index >= 15 is 0 Å². The predicted octanol–water partition coefficient (Wildman–Crippen LogP) is -0.284. The van der Waals surface area contributed by atoms with Crippen LogP contribution >= 0.6 is 7.94 Å². The Morgan fingerprint density at radius 3 is 1.75 bits per heavy atom. The Kier molecular flexibility index (Phi) is 3.44. The minimum atomic E-state index is -3.12. The van der Waals surface area contributed by atoms with Gasteiger partial charge in [0.2, 0.25) is 0 Å². The number of hydrogen-bond donors (Lipinski definition) is 2. The van der Waals surface area contributed by atoms with Gasteiger partial charge < -0.3 is 0 Å². The van der Waals surface area contributed by atoms with Gasteiger partial charge in [0.25, 0.3) is 0 Å². The molecule has 0 aliphatic rings. The minimum absolute atomic E-state index is 0.431. The Morgan fingerprint density at radius 1 is 1.38 bits per heavy atom. The van der Waals surface area contributed by atoms with Gasteiger partial charge in [0, 0.05) is 0 Å². The second-order valence-corrected chi connectivity index (χ2v) is 3.84. The molecule has 0 saturated heterocycles.